The third-order valence-corrected chi connectivity index (χ3v) is 2.43. The molecule has 0 aliphatic carbocycles. The van der Waals surface area contributed by atoms with Crippen LogP contribution >= 0.6 is 0 Å². The summed E-state index contributed by atoms with van der Waals surface area (Å²) in [6.45, 7) is 8.01. The topological polar surface area (TPSA) is 23.6 Å². The summed E-state index contributed by atoms with van der Waals surface area (Å²) in [6, 6.07) is 0.806. The van der Waals surface area contributed by atoms with Crippen LogP contribution in [0.25, 0.3) is 0 Å². The third-order valence-electron chi connectivity index (χ3n) is 2.43. The van der Waals surface area contributed by atoms with Crippen molar-refractivity contribution < 1.29 is 4.79 Å². The maximum absolute atomic E-state index is 8.00. The molecular formula is C9H20N2O. The fraction of sp³-hybridized carbons (Fsp3) is 0.889. The van der Waals surface area contributed by atoms with Crippen molar-refractivity contribution >= 4 is 6.79 Å². The van der Waals surface area contributed by atoms with Crippen molar-refractivity contribution in [1.29, 1.82) is 0 Å². The average molecular weight is 172 g/mol. The van der Waals surface area contributed by atoms with E-state index >= 15 is 0 Å². The standard InChI is InChI=1S/C8H18N2.CH2O/c1-4-10-6-5-8(7-10)9(2)3;1-2/h8H,4-7H2,1-3H3;1H2. The van der Waals surface area contributed by atoms with Gasteiger partial charge in [0.15, 0.2) is 0 Å². The first kappa shape index (κ1) is 11.6. The fourth-order valence-electron chi connectivity index (χ4n) is 1.52. The van der Waals surface area contributed by atoms with Gasteiger partial charge in [0, 0.05) is 12.6 Å². The quantitative estimate of drug-likeness (QED) is 0.604. The maximum Gasteiger partial charge on any atom is 0.106 e. The Kier molecular flexibility index (Phi) is 5.93. The highest BCUT2D eigenvalue weighted by molar-refractivity contribution is 5.10. The summed E-state index contributed by atoms with van der Waals surface area (Å²) in [5.41, 5.74) is 0. The highest BCUT2D eigenvalue weighted by atomic mass is 16.1. The zero-order chi connectivity index (χ0) is 9.56. The molecule has 0 radical (unpaired) electrons. The van der Waals surface area contributed by atoms with Crippen molar-refractivity contribution in [3.05, 3.63) is 0 Å². The van der Waals surface area contributed by atoms with Crippen LogP contribution in [0.15, 0.2) is 0 Å². The van der Waals surface area contributed by atoms with Gasteiger partial charge in [0.25, 0.3) is 0 Å². The molecule has 1 rings (SSSR count). The molecule has 3 nitrogen and oxygen atoms in total. The normalized spacial score (nSPS) is 23.8. The molecule has 3 heteroatoms. The van der Waals surface area contributed by atoms with Crippen molar-refractivity contribution in [1.82, 2.24) is 9.80 Å². The van der Waals surface area contributed by atoms with Gasteiger partial charge in [-0.3, -0.25) is 0 Å². The highest BCUT2D eigenvalue weighted by Gasteiger charge is 2.21. The minimum absolute atomic E-state index is 0.806. The number of rotatable bonds is 2. The Morgan fingerprint density at radius 1 is 1.50 bits per heavy atom. The Bertz CT molecular complexity index is 117. The Hall–Kier alpha value is -0.410. The molecule has 1 aliphatic heterocycles. The van der Waals surface area contributed by atoms with E-state index in [4.69, 9.17) is 4.79 Å². The summed E-state index contributed by atoms with van der Waals surface area (Å²) in [5.74, 6) is 0. The van der Waals surface area contributed by atoms with Gasteiger partial charge >= 0.3 is 0 Å². The van der Waals surface area contributed by atoms with Crippen LogP contribution in [0.3, 0.4) is 0 Å². The lowest BCUT2D eigenvalue weighted by atomic mass is 10.2. The summed E-state index contributed by atoms with van der Waals surface area (Å²) in [5, 5.41) is 0. The van der Waals surface area contributed by atoms with Gasteiger partial charge in [0.1, 0.15) is 6.79 Å². The molecule has 0 aromatic heterocycles. The number of hydrogen-bond donors (Lipinski definition) is 0. The molecule has 1 saturated heterocycles. The van der Waals surface area contributed by atoms with Crippen LogP contribution in [0.1, 0.15) is 13.3 Å². The monoisotopic (exact) mass is 172 g/mol. The van der Waals surface area contributed by atoms with E-state index in [1.54, 1.807) is 0 Å². The lowest BCUT2D eigenvalue weighted by Crippen LogP contribution is -2.31. The third kappa shape index (κ3) is 3.32. The largest absolute Gasteiger partial charge is 0.307 e. The van der Waals surface area contributed by atoms with E-state index in [0.717, 1.165) is 6.04 Å². The van der Waals surface area contributed by atoms with Gasteiger partial charge in [-0.05, 0) is 33.6 Å². The number of carbonyl (C=O) groups excluding carboxylic acids is 1. The molecule has 0 spiro atoms. The van der Waals surface area contributed by atoms with Crippen LogP contribution in [0.5, 0.6) is 0 Å². The van der Waals surface area contributed by atoms with Crippen LogP contribution < -0.4 is 0 Å². The molecular weight excluding hydrogens is 152 g/mol. The molecule has 1 aliphatic rings. The average Bonchev–Trinajstić information content (AvgIpc) is 2.55. The van der Waals surface area contributed by atoms with Gasteiger partial charge in [-0.2, -0.15) is 0 Å². The van der Waals surface area contributed by atoms with E-state index in [2.05, 4.69) is 30.8 Å². The maximum atomic E-state index is 8.00. The van der Waals surface area contributed by atoms with Gasteiger partial charge in [0.05, 0.1) is 0 Å². The summed E-state index contributed by atoms with van der Waals surface area (Å²) in [4.78, 5) is 12.8. The minimum atomic E-state index is 0.806. The van der Waals surface area contributed by atoms with E-state index in [0.29, 0.717) is 0 Å². The molecule has 0 saturated carbocycles. The molecule has 12 heavy (non-hydrogen) atoms. The highest BCUT2D eigenvalue weighted by Crippen LogP contribution is 2.11. The van der Waals surface area contributed by atoms with Crippen molar-refractivity contribution in [3.8, 4) is 0 Å². The Morgan fingerprint density at radius 3 is 2.33 bits per heavy atom. The second kappa shape index (κ2) is 6.14. The van der Waals surface area contributed by atoms with E-state index < -0.39 is 0 Å². The van der Waals surface area contributed by atoms with Crippen LogP contribution in [-0.4, -0.2) is 56.4 Å². The van der Waals surface area contributed by atoms with E-state index in [1.807, 2.05) is 6.79 Å². The first-order chi connectivity index (χ1) is 5.74. The number of hydrogen-bond acceptors (Lipinski definition) is 3. The van der Waals surface area contributed by atoms with Crippen LogP contribution in [0.2, 0.25) is 0 Å². The van der Waals surface area contributed by atoms with Crippen LogP contribution in [0, 0.1) is 0 Å². The molecule has 1 heterocycles. The van der Waals surface area contributed by atoms with Gasteiger partial charge in [0.2, 0.25) is 0 Å². The fourth-order valence-corrected chi connectivity index (χ4v) is 1.52. The van der Waals surface area contributed by atoms with E-state index in [1.165, 1.54) is 26.1 Å². The van der Waals surface area contributed by atoms with Crippen molar-refractivity contribution in [2.45, 2.75) is 19.4 Å². The zero-order valence-corrected chi connectivity index (χ0v) is 8.42. The Labute approximate surface area is 75.3 Å². The lowest BCUT2D eigenvalue weighted by Gasteiger charge is -2.19. The molecule has 1 fully saturated rings. The Balaban J connectivity index is 0.000000561. The molecule has 0 aromatic carbocycles. The second-order valence-electron chi connectivity index (χ2n) is 3.30. The number of nitrogens with zero attached hydrogens (tertiary/aromatic N) is 2. The molecule has 1 atom stereocenters. The SMILES string of the molecule is C=O.CCN1CCC(N(C)C)C1. The summed E-state index contributed by atoms with van der Waals surface area (Å²) in [6.07, 6.45) is 1.35. The summed E-state index contributed by atoms with van der Waals surface area (Å²) in [7, 11) is 4.34. The molecule has 0 N–H and O–H groups in total. The molecule has 72 valence electrons. The van der Waals surface area contributed by atoms with Gasteiger partial charge < -0.3 is 14.6 Å². The summed E-state index contributed by atoms with van der Waals surface area (Å²) < 4.78 is 0. The predicted octanol–water partition coefficient (Wildman–Crippen LogP) is 0.457. The first-order valence-electron chi connectivity index (χ1n) is 4.41. The van der Waals surface area contributed by atoms with Crippen molar-refractivity contribution in [3.63, 3.8) is 0 Å². The van der Waals surface area contributed by atoms with Crippen molar-refractivity contribution in [2.75, 3.05) is 33.7 Å². The van der Waals surface area contributed by atoms with Gasteiger partial charge in [-0.25, -0.2) is 0 Å². The summed E-state index contributed by atoms with van der Waals surface area (Å²) >= 11 is 0. The molecule has 0 amide bonds. The molecule has 1 unspecified atom stereocenters. The first-order valence-corrected chi connectivity index (χ1v) is 4.41. The zero-order valence-electron chi connectivity index (χ0n) is 8.42. The van der Waals surface area contributed by atoms with Crippen LogP contribution in [0.4, 0.5) is 0 Å². The van der Waals surface area contributed by atoms with Gasteiger partial charge in [-0.15, -0.1) is 0 Å². The number of likely N-dealkylation sites (tertiary alicyclic amines) is 1. The van der Waals surface area contributed by atoms with Crippen molar-refractivity contribution in [2.24, 2.45) is 0 Å². The van der Waals surface area contributed by atoms with E-state index in [9.17, 15) is 0 Å². The molecule has 0 bridgehead atoms. The second-order valence-corrected chi connectivity index (χ2v) is 3.30. The number of likely N-dealkylation sites (N-methyl/N-ethyl adjacent to an activating group) is 2. The Morgan fingerprint density at radius 2 is 2.08 bits per heavy atom. The van der Waals surface area contributed by atoms with E-state index in [-0.39, 0.29) is 0 Å². The van der Waals surface area contributed by atoms with Gasteiger partial charge in [-0.1, -0.05) is 6.92 Å². The number of carbonyl (C=O) groups is 1. The molecule has 0 aromatic rings. The predicted molar refractivity (Wildman–Crippen MR) is 51.3 cm³/mol. The lowest BCUT2D eigenvalue weighted by molar-refractivity contribution is -0.0979. The smallest absolute Gasteiger partial charge is 0.106 e. The van der Waals surface area contributed by atoms with Crippen LogP contribution in [-0.2, 0) is 4.79 Å². The minimum Gasteiger partial charge on any atom is -0.307 e.